The van der Waals surface area contributed by atoms with Crippen LogP contribution >= 0.6 is 0 Å². The lowest BCUT2D eigenvalue weighted by atomic mass is 9.87. The molecule has 0 fully saturated rings. The zero-order valence-corrected chi connectivity index (χ0v) is 11.8. The second-order valence-electron chi connectivity index (χ2n) is 5.38. The van der Waals surface area contributed by atoms with Crippen LogP contribution in [-0.2, 0) is 19.3 Å². The molecular formula is C16H20N4. The molecule has 0 saturated carbocycles. The molecule has 0 amide bonds. The van der Waals surface area contributed by atoms with E-state index in [9.17, 15) is 0 Å². The summed E-state index contributed by atoms with van der Waals surface area (Å²) in [7, 11) is 0. The lowest BCUT2D eigenvalue weighted by Crippen LogP contribution is -2.12. The smallest absolute Gasteiger partial charge is 0.222 e. The van der Waals surface area contributed by atoms with Gasteiger partial charge in [0.2, 0.25) is 5.95 Å². The number of unbranched alkanes of at least 4 members (excludes halogenated alkanes) is 1. The van der Waals surface area contributed by atoms with Crippen molar-refractivity contribution >= 4 is 11.8 Å². The van der Waals surface area contributed by atoms with Crippen molar-refractivity contribution in [3.05, 3.63) is 35.0 Å². The number of hydrogen-bond acceptors (Lipinski definition) is 4. The Hall–Kier alpha value is -2.10. The van der Waals surface area contributed by atoms with Gasteiger partial charge in [-0.15, -0.1) is 0 Å². The molecule has 104 valence electrons. The number of nitrogen functional groups attached to an aromatic ring is 2. The lowest BCUT2D eigenvalue weighted by Gasteiger charge is -2.21. The molecule has 1 aliphatic carbocycles. The van der Waals surface area contributed by atoms with Gasteiger partial charge in [-0.2, -0.15) is 4.98 Å². The SMILES string of the molecule is CCCCc1ccc2c(c1)CCc1nc(N)nc(N)c1-2. The van der Waals surface area contributed by atoms with E-state index >= 15 is 0 Å². The predicted molar refractivity (Wildman–Crippen MR) is 82.3 cm³/mol. The highest BCUT2D eigenvalue weighted by Crippen LogP contribution is 2.36. The quantitative estimate of drug-likeness (QED) is 0.897. The van der Waals surface area contributed by atoms with Gasteiger partial charge in [-0.3, -0.25) is 0 Å². The Morgan fingerprint density at radius 3 is 2.80 bits per heavy atom. The number of aromatic nitrogens is 2. The van der Waals surface area contributed by atoms with E-state index < -0.39 is 0 Å². The van der Waals surface area contributed by atoms with E-state index in [2.05, 4.69) is 35.1 Å². The van der Waals surface area contributed by atoms with E-state index in [1.54, 1.807) is 0 Å². The van der Waals surface area contributed by atoms with E-state index in [-0.39, 0.29) is 5.95 Å². The Balaban J connectivity index is 2.04. The van der Waals surface area contributed by atoms with E-state index in [4.69, 9.17) is 11.5 Å². The maximum atomic E-state index is 6.04. The van der Waals surface area contributed by atoms with Crippen LogP contribution < -0.4 is 11.5 Å². The van der Waals surface area contributed by atoms with Crippen LogP contribution in [0.3, 0.4) is 0 Å². The van der Waals surface area contributed by atoms with Crippen LogP contribution in [0, 0.1) is 0 Å². The topological polar surface area (TPSA) is 77.8 Å². The molecule has 2 aromatic rings. The third-order valence-electron chi connectivity index (χ3n) is 3.92. The molecule has 4 N–H and O–H groups in total. The van der Waals surface area contributed by atoms with Gasteiger partial charge in [0.25, 0.3) is 0 Å². The Morgan fingerprint density at radius 1 is 1.15 bits per heavy atom. The van der Waals surface area contributed by atoms with Gasteiger partial charge in [0.05, 0.1) is 5.69 Å². The lowest BCUT2D eigenvalue weighted by molar-refractivity contribution is 0.792. The van der Waals surface area contributed by atoms with Crippen molar-refractivity contribution in [3.8, 4) is 11.1 Å². The van der Waals surface area contributed by atoms with Crippen LogP contribution in [-0.4, -0.2) is 9.97 Å². The second kappa shape index (κ2) is 5.12. The fraction of sp³-hybridized carbons (Fsp3) is 0.375. The standard InChI is InChI=1S/C16H20N4/c1-2-3-4-10-5-7-12-11(9-10)6-8-13-14(12)15(17)20-16(18)19-13/h5,7,9H,2-4,6,8H2,1H3,(H4,17,18,19,20). The molecule has 1 aromatic carbocycles. The van der Waals surface area contributed by atoms with Gasteiger partial charge in [-0.05, 0) is 42.4 Å². The van der Waals surface area contributed by atoms with E-state index in [0.29, 0.717) is 5.82 Å². The van der Waals surface area contributed by atoms with Crippen LogP contribution in [0.15, 0.2) is 18.2 Å². The van der Waals surface area contributed by atoms with Crippen LogP contribution in [0.25, 0.3) is 11.1 Å². The van der Waals surface area contributed by atoms with Gasteiger partial charge >= 0.3 is 0 Å². The summed E-state index contributed by atoms with van der Waals surface area (Å²) in [5.41, 5.74) is 17.6. The third-order valence-corrected chi connectivity index (χ3v) is 3.92. The first-order chi connectivity index (χ1) is 9.69. The molecule has 20 heavy (non-hydrogen) atoms. The number of anilines is 2. The van der Waals surface area contributed by atoms with Crippen molar-refractivity contribution in [2.24, 2.45) is 0 Å². The van der Waals surface area contributed by atoms with Crippen LogP contribution in [0.5, 0.6) is 0 Å². The van der Waals surface area contributed by atoms with Gasteiger partial charge in [-0.25, -0.2) is 4.98 Å². The zero-order valence-electron chi connectivity index (χ0n) is 11.8. The first-order valence-corrected chi connectivity index (χ1v) is 7.23. The average molecular weight is 268 g/mol. The van der Waals surface area contributed by atoms with E-state index in [1.807, 2.05) is 0 Å². The highest BCUT2D eigenvalue weighted by molar-refractivity contribution is 5.80. The average Bonchev–Trinajstić information content (AvgIpc) is 2.44. The summed E-state index contributed by atoms with van der Waals surface area (Å²) >= 11 is 0. The summed E-state index contributed by atoms with van der Waals surface area (Å²) in [6, 6.07) is 6.66. The minimum Gasteiger partial charge on any atom is -0.383 e. The molecule has 0 saturated heterocycles. The molecule has 0 unspecified atom stereocenters. The van der Waals surface area contributed by atoms with E-state index in [0.717, 1.165) is 30.5 Å². The molecular weight excluding hydrogens is 248 g/mol. The summed E-state index contributed by atoms with van der Waals surface area (Å²) in [6.07, 6.45) is 5.48. The molecule has 3 rings (SSSR count). The maximum Gasteiger partial charge on any atom is 0.222 e. The van der Waals surface area contributed by atoms with Crippen molar-refractivity contribution in [3.63, 3.8) is 0 Å². The summed E-state index contributed by atoms with van der Waals surface area (Å²) < 4.78 is 0. The van der Waals surface area contributed by atoms with Gasteiger partial charge in [0.1, 0.15) is 5.82 Å². The normalized spacial score (nSPS) is 12.8. The van der Waals surface area contributed by atoms with Gasteiger partial charge < -0.3 is 11.5 Å². The third kappa shape index (κ3) is 2.22. The molecule has 1 aromatic heterocycles. The maximum absolute atomic E-state index is 6.04. The number of hydrogen-bond donors (Lipinski definition) is 2. The molecule has 0 bridgehead atoms. The number of nitrogens with two attached hydrogens (primary N) is 2. The molecule has 1 heterocycles. The number of fused-ring (bicyclic) bond motifs is 3. The van der Waals surface area contributed by atoms with Crippen LogP contribution in [0.4, 0.5) is 11.8 Å². The first-order valence-electron chi connectivity index (χ1n) is 7.23. The molecule has 0 radical (unpaired) electrons. The summed E-state index contributed by atoms with van der Waals surface area (Å²) in [6.45, 7) is 2.22. The molecule has 0 atom stereocenters. The summed E-state index contributed by atoms with van der Waals surface area (Å²) in [4.78, 5) is 8.43. The number of nitrogens with zero attached hydrogens (tertiary/aromatic N) is 2. The van der Waals surface area contributed by atoms with Crippen molar-refractivity contribution in [1.82, 2.24) is 9.97 Å². The van der Waals surface area contributed by atoms with Crippen molar-refractivity contribution in [1.29, 1.82) is 0 Å². The second-order valence-corrected chi connectivity index (χ2v) is 5.38. The fourth-order valence-electron chi connectivity index (χ4n) is 2.91. The van der Waals surface area contributed by atoms with Crippen molar-refractivity contribution in [2.45, 2.75) is 39.0 Å². The summed E-state index contributed by atoms with van der Waals surface area (Å²) in [5, 5.41) is 0. The largest absolute Gasteiger partial charge is 0.383 e. The number of benzene rings is 1. The Morgan fingerprint density at radius 2 is 2.00 bits per heavy atom. The minimum absolute atomic E-state index is 0.268. The molecule has 4 nitrogen and oxygen atoms in total. The van der Waals surface area contributed by atoms with Gasteiger partial charge in [0, 0.05) is 5.56 Å². The zero-order chi connectivity index (χ0) is 14.1. The molecule has 0 spiro atoms. The fourth-order valence-corrected chi connectivity index (χ4v) is 2.91. The highest BCUT2D eigenvalue weighted by Gasteiger charge is 2.21. The number of aryl methyl sites for hydroxylation is 3. The van der Waals surface area contributed by atoms with E-state index in [1.165, 1.54) is 29.5 Å². The highest BCUT2D eigenvalue weighted by atomic mass is 15.0. The van der Waals surface area contributed by atoms with Gasteiger partial charge in [-0.1, -0.05) is 31.5 Å². The monoisotopic (exact) mass is 268 g/mol. The first kappa shape index (κ1) is 12.9. The van der Waals surface area contributed by atoms with Crippen LogP contribution in [0.1, 0.15) is 36.6 Å². The number of rotatable bonds is 3. The molecule has 0 aliphatic heterocycles. The van der Waals surface area contributed by atoms with Crippen LogP contribution in [0.2, 0.25) is 0 Å². The Kier molecular flexibility index (Phi) is 3.30. The Labute approximate surface area is 119 Å². The van der Waals surface area contributed by atoms with Gasteiger partial charge in [0.15, 0.2) is 0 Å². The minimum atomic E-state index is 0.268. The van der Waals surface area contributed by atoms with Crippen molar-refractivity contribution < 1.29 is 0 Å². The molecule has 1 aliphatic rings. The Bertz CT molecular complexity index is 649. The predicted octanol–water partition coefficient (Wildman–Crippen LogP) is 2.75. The van der Waals surface area contributed by atoms with Crippen molar-refractivity contribution in [2.75, 3.05) is 11.5 Å². The summed E-state index contributed by atoms with van der Waals surface area (Å²) in [5.74, 6) is 0.763. The molecule has 4 heteroatoms.